The van der Waals surface area contributed by atoms with E-state index in [1.54, 1.807) is 0 Å². The summed E-state index contributed by atoms with van der Waals surface area (Å²) in [6.07, 6.45) is 34.4. The number of ether oxygens (including phenoxy) is 1. The molecule has 1 nitrogen and oxygen atoms in total. The molecule has 0 heterocycles. The summed E-state index contributed by atoms with van der Waals surface area (Å²) in [5.74, 6) is 2.36. The number of hydrogen-bond acceptors (Lipinski definition) is 1. The van der Waals surface area contributed by atoms with E-state index in [1.807, 2.05) is 0 Å². The van der Waals surface area contributed by atoms with Crippen molar-refractivity contribution in [3.05, 3.63) is 23.7 Å². The smallest absolute Gasteiger partial charge is 0.0993 e. The lowest BCUT2D eigenvalue weighted by Crippen LogP contribution is -1.95. The summed E-state index contributed by atoms with van der Waals surface area (Å²) < 4.78 is 6.24. The molecule has 184 valence electrons. The molecule has 0 aliphatic heterocycles. The minimum absolute atomic E-state index is 1.10. The average molecular weight is 435 g/mol. The van der Waals surface area contributed by atoms with E-state index in [0.717, 1.165) is 12.8 Å². The first-order chi connectivity index (χ1) is 15.3. The largest absolute Gasteiger partial charge is 0.467 e. The van der Waals surface area contributed by atoms with E-state index in [2.05, 4.69) is 39.8 Å². The third-order valence-electron chi connectivity index (χ3n) is 6.46. The Kier molecular flexibility index (Phi) is 24.9. The first-order valence-electron chi connectivity index (χ1n) is 14.3. The zero-order valence-corrected chi connectivity index (χ0v) is 22.1. The number of hydrogen-bond donors (Lipinski definition) is 0. The predicted octanol–water partition coefficient (Wildman–Crippen LogP) is 11.4. The monoisotopic (exact) mass is 434 g/mol. The third kappa shape index (κ3) is 22.3. The van der Waals surface area contributed by atoms with Gasteiger partial charge in [0.1, 0.15) is 0 Å². The Morgan fingerprint density at radius 2 is 0.677 bits per heavy atom. The second-order valence-corrected chi connectivity index (χ2v) is 9.48. The van der Waals surface area contributed by atoms with Gasteiger partial charge < -0.3 is 4.74 Å². The van der Waals surface area contributed by atoms with Crippen molar-refractivity contribution in [3.63, 3.8) is 0 Å². The van der Waals surface area contributed by atoms with Crippen LogP contribution in [0.5, 0.6) is 0 Å². The van der Waals surface area contributed by atoms with Crippen molar-refractivity contribution in [2.24, 2.45) is 0 Å². The minimum Gasteiger partial charge on any atom is -0.467 e. The van der Waals surface area contributed by atoms with Gasteiger partial charge in [-0.3, -0.25) is 0 Å². The van der Waals surface area contributed by atoms with Gasteiger partial charge in [0, 0.05) is 12.8 Å². The fraction of sp³-hybridized carbons (Fsp3) is 0.867. The van der Waals surface area contributed by atoms with Crippen molar-refractivity contribution >= 4 is 0 Å². The summed E-state index contributed by atoms with van der Waals surface area (Å²) >= 11 is 0. The van der Waals surface area contributed by atoms with Crippen LogP contribution in [0.4, 0.5) is 0 Å². The summed E-state index contributed by atoms with van der Waals surface area (Å²) in [6, 6.07) is 0. The van der Waals surface area contributed by atoms with Crippen LogP contribution in [-0.2, 0) is 4.74 Å². The van der Waals surface area contributed by atoms with Crippen LogP contribution in [0.3, 0.4) is 0 Å². The van der Waals surface area contributed by atoms with Gasteiger partial charge in [0.05, 0.1) is 11.5 Å². The van der Waals surface area contributed by atoms with Crippen LogP contribution in [0.2, 0.25) is 0 Å². The lowest BCUT2D eigenvalue weighted by Gasteiger charge is -2.13. The highest BCUT2D eigenvalue weighted by Crippen LogP contribution is 2.20. The maximum absolute atomic E-state index is 6.24. The second-order valence-electron chi connectivity index (χ2n) is 9.48. The molecule has 0 aromatic carbocycles. The first kappa shape index (κ1) is 30.3. The van der Waals surface area contributed by atoms with Crippen LogP contribution in [0.15, 0.2) is 23.7 Å². The highest BCUT2D eigenvalue weighted by Gasteiger charge is 2.04. The van der Waals surface area contributed by atoms with E-state index in [0.29, 0.717) is 0 Å². The maximum atomic E-state index is 6.24. The molecule has 0 bridgehead atoms. The quantitative estimate of drug-likeness (QED) is 0.108. The molecular formula is C30H58O. The first-order valence-corrected chi connectivity index (χ1v) is 14.3. The fourth-order valence-corrected chi connectivity index (χ4v) is 4.25. The molecule has 0 aromatic heterocycles. The summed E-state index contributed by atoms with van der Waals surface area (Å²) in [4.78, 5) is 0. The lowest BCUT2D eigenvalue weighted by molar-refractivity contribution is 0.269. The Morgan fingerprint density at radius 3 is 0.935 bits per heavy atom. The third-order valence-corrected chi connectivity index (χ3v) is 6.46. The highest BCUT2D eigenvalue weighted by molar-refractivity contribution is 5.00. The molecule has 31 heavy (non-hydrogen) atoms. The molecule has 0 radical (unpaired) electrons. The molecule has 0 saturated carbocycles. The summed E-state index contributed by atoms with van der Waals surface area (Å²) in [5.41, 5.74) is 0. The molecule has 1 heteroatoms. The molecule has 0 rings (SSSR count). The summed E-state index contributed by atoms with van der Waals surface area (Å²) in [7, 11) is 0. The molecule has 0 aliphatic rings. The van der Waals surface area contributed by atoms with Gasteiger partial charge in [-0.05, 0) is 38.8 Å². The van der Waals surface area contributed by atoms with E-state index in [9.17, 15) is 0 Å². The second kappa shape index (κ2) is 25.5. The fourth-order valence-electron chi connectivity index (χ4n) is 4.25. The van der Waals surface area contributed by atoms with Gasteiger partial charge >= 0.3 is 0 Å². The number of allylic oxidation sites excluding steroid dienone is 4. The lowest BCUT2D eigenvalue weighted by atomic mass is 10.1. The van der Waals surface area contributed by atoms with Gasteiger partial charge in [0.15, 0.2) is 0 Å². The topological polar surface area (TPSA) is 9.23 Å². The van der Waals surface area contributed by atoms with E-state index >= 15 is 0 Å². The van der Waals surface area contributed by atoms with Crippen molar-refractivity contribution < 1.29 is 4.74 Å². The Morgan fingerprint density at radius 1 is 0.419 bits per heavy atom. The van der Waals surface area contributed by atoms with E-state index < -0.39 is 0 Å². The van der Waals surface area contributed by atoms with Gasteiger partial charge in [-0.2, -0.15) is 0 Å². The highest BCUT2D eigenvalue weighted by atomic mass is 16.5. The molecular weight excluding hydrogens is 376 g/mol. The molecule has 0 aromatic rings. The van der Waals surface area contributed by atoms with Crippen LogP contribution < -0.4 is 0 Å². The molecule has 0 atom stereocenters. The Hall–Kier alpha value is -0.720. The van der Waals surface area contributed by atoms with Crippen molar-refractivity contribution in [2.75, 3.05) is 0 Å². The number of unbranched alkanes of at least 4 members (excludes halogenated alkanes) is 18. The Labute approximate surface area is 197 Å². The van der Waals surface area contributed by atoms with Crippen LogP contribution >= 0.6 is 0 Å². The van der Waals surface area contributed by atoms with Crippen molar-refractivity contribution in [2.45, 2.75) is 169 Å². The van der Waals surface area contributed by atoms with Gasteiger partial charge in [-0.15, -0.1) is 0 Å². The summed E-state index contributed by atoms with van der Waals surface area (Å²) in [5, 5.41) is 0. The molecule has 0 spiro atoms. The number of rotatable bonds is 24. The van der Waals surface area contributed by atoms with Crippen molar-refractivity contribution in [3.8, 4) is 0 Å². The molecule has 0 aliphatic carbocycles. The Balaban J connectivity index is 3.65. The molecule has 0 unspecified atom stereocenters. The standard InChI is InChI=1S/C30H58O/c1-5-9-11-13-15-17-19-21-23-25-27-29(7-3)31-30(8-4)28-26-24-22-20-18-16-14-12-10-6-2/h7-8H,5-6,9-28H2,1-4H3/b29-7-,30-8-. The zero-order chi connectivity index (χ0) is 22.8. The van der Waals surface area contributed by atoms with E-state index in [-0.39, 0.29) is 0 Å². The Bertz CT molecular complexity index is 369. The van der Waals surface area contributed by atoms with E-state index in [4.69, 9.17) is 4.74 Å². The molecule has 0 saturated heterocycles. The normalized spacial score (nSPS) is 12.5. The van der Waals surface area contributed by atoms with Gasteiger partial charge in [-0.25, -0.2) is 0 Å². The zero-order valence-electron chi connectivity index (χ0n) is 22.1. The van der Waals surface area contributed by atoms with Crippen LogP contribution in [0.25, 0.3) is 0 Å². The average Bonchev–Trinajstić information content (AvgIpc) is 2.79. The minimum atomic E-state index is 1.10. The molecule has 0 N–H and O–H groups in total. The maximum Gasteiger partial charge on any atom is 0.0993 e. The van der Waals surface area contributed by atoms with Gasteiger partial charge in [0.2, 0.25) is 0 Å². The van der Waals surface area contributed by atoms with Crippen LogP contribution in [-0.4, -0.2) is 0 Å². The van der Waals surface area contributed by atoms with Crippen molar-refractivity contribution in [1.82, 2.24) is 0 Å². The van der Waals surface area contributed by atoms with Crippen LogP contribution in [0, 0.1) is 0 Å². The molecule has 0 fully saturated rings. The SMILES string of the molecule is C/C=C(/CCCCCCCCCCCC)O/C(=C\C)CCCCCCCCCCCC. The molecule has 0 amide bonds. The van der Waals surface area contributed by atoms with Gasteiger partial charge in [-0.1, -0.05) is 129 Å². The van der Waals surface area contributed by atoms with Crippen molar-refractivity contribution in [1.29, 1.82) is 0 Å². The van der Waals surface area contributed by atoms with Gasteiger partial charge in [0.25, 0.3) is 0 Å². The summed E-state index contributed by atoms with van der Waals surface area (Å²) in [6.45, 7) is 8.83. The van der Waals surface area contributed by atoms with Crippen LogP contribution in [0.1, 0.15) is 169 Å². The van der Waals surface area contributed by atoms with E-state index in [1.165, 1.54) is 140 Å². The predicted molar refractivity (Wildman–Crippen MR) is 142 cm³/mol.